The average molecular weight is 463 g/mol. The Hall–Kier alpha value is -2.22. The molecule has 0 saturated heterocycles. The molecule has 0 aliphatic rings. The van der Waals surface area contributed by atoms with E-state index in [0.717, 1.165) is 16.5 Å². The molecule has 2 aromatic carbocycles. The second kappa shape index (κ2) is 11.7. The first-order chi connectivity index (χ1) is 13.9. The molecule has 0 radical (unpaired) electrons. The van der Waals surface area contributed by atoms with Crippen molar-refractivity contribution in [3.63, 3.8) is 0 Å². The zero-order valence-electron chi connectivity index (χ0n) is 16.5. The maximum atomic E-state index is 12.8. The number of hydrogen-bond donors (Lipinski definition) is 2. The van der Waals surface area contributed by atoms with Crippen molar-refractivity contribution >= 4 is 27.7 Å². The summed E-state index contributed by atoms with van der Waals surface area (Å²) in [5.74, 6) is -0.856. The molecule has 29 heavy (non-hydrogen) atoms. The van der Waals surface area contributed by atoms with Gasteiger partial charge in [-0.05, 0) is 55.5 Å². The highest BCUT2D eigenvalue weighted by molar-refractivity contribution is 9.10. The molecule has 2 aromatic rings. The van der Waals surface area contributed by atoms with Crippen LogP contribution in [0.25, 0.3) is 0 Å². The molecule has 0 aliphatic carbocycles. The Labute approximate surface area is 179 Å². The third kappa shape index (κ3) is 6.96. The van der Waals surface area contributed by atoms with E-state index in [1.165, 1.54) is 4.90 Å². The van der Waals surface area contributed by atoms with Crippen LogP contribution < -0.4 is 0 Å². The van der Waals surface area contributed by atoms with Crippen LogP contribution in [0.4, 0.5) is 0 Å². The van der Waals surface area contributed by atoms with Gasteiger partial charge in [-0.25, -0.2) is 5.06 Å². The van der Waals surface area contributed by atoms with Gasteiger partial charge < -0.3 is 10.0 Å². The molecule has 1 atom stereocenters. The van der Waals surface area contributed by atoms with Gasteiger partial charge in [0.15, 0.2) is 0 Å². The second-order valence-corrected chi connectivity index (χ2v) is 7.77. The first kappa shape index (κ1) is 23.1. The summed E-state index contributed by atoms with van der Waals surface area (Å²) in [5, 5.41) is 20.1. The summed E-state index contributed by atoms with van der Waals surface area (Å²) >= 11 is 3.33. The number of nitrogens with zero attached hydrogens (tertiary/aromatic N) is 2. The molecule has 0 spiro atoms. The zero-order chi connectivity index (χ0) is 21.2. The lowest BCUT2D eigenvalue weighted by atomic mass is 10.1. The smallest absolute Gasteiger partial charge is 0.268 e. The Morgan fingerprint density at radius 1 is 1.03 bits per heavy atom. The van der Waals surface area contributed by atoms with Crippen molar-refractivity contribution in [1.29, 1.82) is 0 Å². The monoisotopic (exact) mass is 462 g/mol. The Morgan fingerprint density at radius 3 is 2.31 bits per heavy atom. The van der Waals surface area contributed by atoms with Crippen LogP contribution in [0.2, 0.25) is 0 Å². The van der Waals surface area contributed by atoms with Gasteiger partial charge in [-0.3, -0.25) is 14.8 Å². The molecule has 0 aromatic heterocycles. The number of carbonyl (C=O) groups is 2. The van der Waals surface area contributed by atoms with Gasteiger partial charge in [0.25, 0.3) is 11.8 Å². The molecule has 2 rings (SSSR count). The summed E-state index contributed by atoms with van der Waals surface area (Å²) in [6, 6.07) is 15.8. The predicted molar refractivity (Wildman–Crippen MR) is 115 cm³/mol. The number of hydrogen-bond acceptors (Lipinski definition) is 4. The van der Waals surface area contributed by atoms with E-state index in [0.29, 0.717) is 23.5 Å². The van der Waals surface area contributed by atoms with Crippen molar-refractivity contribution in [2.75, 3.05) is 20.2 Å². The normalized spacial score (nSPS) is 11.7. The topological polar surface area (TPSA) is 81.1 Å². The van der Waals surface area contributed by atoms with E-state index < -0.39 is 11.9 Å². The van der Waals surface area contributed by atoms with Gasteiger partial charge in [0, 0.05) is 30.2 Å². The lowest BCUT2D eigenvalue weighted by Gasteiger charge is -2.30. The van der Waals surface area contributed by atoms with E-state index in [-0.39, 0.29) is 25.5 Å². The van der Waals surface area contributed by atoms with Gasteiger partial charge in [0.05, 0.1) is 0 Å². The Bertz CT molecular complexity index is 783. The number of hydroxylamine groups is 2. The number of likely N-dealkylation sites (N-methyl/N-ethyl adjacent to an activating group) is 1. The Kier molecular flexibility index (Phi) is 9.31. The van der Waals surface area contributed by atoms with Crippen molar-refractivity contribution in [3.8, 4) is 0 Å². The van der Waals surface area contributed by atoms with E-state index in [1.54, 1.807) is 31.3 Å². The van der Waals surface area contributed by atoms with Crippen molar-refractivity contribution in [2.45, 2.75) is 31.7 Å². The van der Waals surface area contributed by atoms with Crippen molar-refractivity contribution in [1.82, 2.24) is 9.96 Å². The highest BCUT2D eigenvalue weighted by Gasteiger charge is 2.30. The van der Waals surface area contributed by atoms with Crippen LogP contribution in [0.1, 0.15) is 35.2 Å². The number of amides is 2. The summed E-state index contributed by atoms with van der Waals surface area (Å²) in [7, 11) is 1.54. The SMILES string of the molecule is CN(C(=O)c1ccc(Br)cc1)[C@@H](CCCO)C(=O)N(O)CCCc1ccccc1. The third-order valence-corrected chi connectivity index (χ3v) is 5.26. The van der Waals surface area contributed by atoms with Crippen molar-refractivity contribution in [3.05, 3.63) is 70.2 Å². The molecule has 2 N–H and O–H groups in total. The number of aryl methyl sites for hydroxylation is 1. The van der Waals surface area contributed by atoms with Gasteiger partial charge in [-0.15, -0.1) is 0 Å². The third-order valence-electron chi connectivity index (χ3n) is 4.73. The van der Waals surface area contributed by atoms with Crippen LogP contribution >= 0.6 is 15.9 Å². The number of halogens is 1. The van der Waals surface area contributed by atoms with E-state index in [9.17, 15) is 19.9 Å². The Morgan fingerprint density at radius 2 is 1.69 bits per heavy atom. The molecule has 0 saturated carbocycles. The molecule has 2 amide bonds. The van der Waals surface area contributed by atoms with E-state index in [4.69, 9.17) is 0 Å². The minimum absolute atomic E-state index is 0.0937. The van der Waals surface area contributed by atoms with Crippen LogP contribution in [0.15, 0.2) is 59.1 Å². The minimum atomic E-state index is -0.847. The van der Waals surface area contributed by atoms with Crippen LogP contribution in [0, 0.1) is 0 Å². The summed E-state index contributed by atoms with van der Waals surface area (Å²) in [6.07, 6.45) is 1.96. The molecule has 0 bridgehead atoms. The molecular formula is C22H27BrN2O4. The second-order valence-electron chi connectivity index (χ2n) is 6.86. The maximum absolute atomic E-state index is 12.8. The van der Waals surface area contributed by atoms with E-state index >= 15 is 0 Å². The number of carbonyl (C=O) groups excluding carboxylic acids is 2. The number of aliphatic hydroxyl groups is 1. The molecule has 0 unspecified atom stereocenters. The summed E-state index contributed by atoms with van der Waals surface area (Å²) in [6.45, 7) is 0.0766. The van der Waals surface area contributed by atoms with Crippen molar-refractivity contribution in [2.24, 2.45) is 0 Å². The first-order valence-corrected chi connectivity index (χ1v) is 10.4. The lowest BCUT2D eigenvalue weighted by Crippen LogP contribution is -2.48. The van der Waals surface area contributed by atoms with E-state index in [2.05, 4.69) is 15.9 Å². The van der Waals surface area contributed by atoms with Gasteiger partial charge in [0.1, 0.15) is 6.04 Å². The molecule has 7 heteroatoms. The molecule has 0 fully saturated rings. The average Bonchev–Trinajstić information content (AvgIpc) is 2.74. The maximum Gasteiger partial charge on any atom is 0.268 e. The molecule has 0 heterocycles. The standard InChI is InChI=1S/C22H27BrN2O4/c1-24(21(27)18-11-13-19(23)14-12-18)20(10-6-16-26)22(28)25(29)15-5-9-17-7-3-2-4-8-17/h2-4,7-8,11-14,20,26,29H,5-6,9-10,15-16H2,1H3/t20-/m0/s1. The summed E-state index contributed by atoms with van der Waals surface area (Å²) < 4.78 is 0.851. The first-order valence-electron chi connectivity index (χ1n) is 9.61. The summed E-state index contributed by atoms with van der Waals surface area (Å²) in [5.41, 5.74) is 1.58. The van der Waals surface area contributed by atoms with Gasteiger partial charge in [0.2, 0.25) is 0 Å². The fourth-order valence-corrected chi connectivity index (χ4v) is 3.33. The van der Waals surface area contributed by atoms with Crippen LogP contribution in [-0.4, -0.2) is 58.3 Å². The summed E-state index contributed by atoms with van der Waals surface area (Å²) in [4.78, 5) is 26.9. The van der Waals surface area contributed by atoms with Gasteiger partial charge in [-0.1, -0.05) is 46.3 Å². The van der Waals surface area contributed by atoms with E-state index in [1.807, 2.05) is 30.3 Å². The highest BCUT2D eigenvalue weighted by Crippen LogP contribution is 2.16. The molecule has 0 aliphatic heterocycles. The highest BCUT2D eigenvalue weighted by atomic mass is 79.9. The molecule has 156 valence electrons. The predicted octanol–water partition coefficient (Wildman–Crippen LogP) is 3.51. The Balaban J connectivity index is 2.01. The molecule has 6 nitrogen and oxygen atoms in total. The van der Waals surface area contributed by atoms with Gasteiger partial charge >= 0.3 is 0 Å². The number of benzene rings is 2. The van der Waals surface area contributed by atoms with Crippen LogP contribution in [0.5, 0.6) is 0 Å². The van der Waals surface area contributed by atoms with Gasteiger partial charge in [-0.2, -0.15) is 0 Å². The number of rotatable bonds is 10. The fraction of sp³-hybridized carbons (Fsp3) is 0.364. The minimum Gasteiger partial charge on any atom is -0.396 e. The van der Waals surface area contributed by atoms with Crippen LogP contribution in [0.3, 0.4) is 0 Å². The van der Waals surface area contributed by atoms with Crippen LogP contribution in [-0.2, 0) is 11.2 Å². The molecular weight excluding hydrogens is 436 g/mol. The number of aliphatic hydroxyl groups excluding tert-OH is 1. The lowest BCUT2D eigenvalue weighted by molar-refractivity contribution is -0.170. The fourth-order valence-electron chi connectivity index (χ4n) is 3.06. The zero-order valence-corrected chi connectivity index (χ0v) is 18.1. The quantitative estimate of drug-likeness (QED) is 0.418. The largest absolute Gasteiger partial charge is 0.396 e. The van der Waals surface area contributed by atoms with Crippen molar-refractivity contribution < 1.29 is 19.9 Å².